The molecule has 0 radical (unpaired) electrons. The summed E-state index contributed by atoms with van der Waals surface area (Å²) in [4.78, 5) is 12.1. The number of nitrogens with zero attached hydrogens (tertiary/aromatic N) is 1. The molecule has 1 amide bonds. The van der Waals surface area contributed by atoms with Crippen molar-refractivity contribution in [3.8, 4) is 11.1 Å². The Morgan fingerprint density at radius 2 is 2.00 bits per heavy atom. The Morgan fingerprint density at radius 1 is 1.17 bits per heavy atom. The van der Waals surface area contributed by atoms with Crippen LogP contribution in [0.5, 0.6) is 0 Å². The van der Waals surface area contributed by atoms with E-state index >= 15 is 0 Å². The van der Waals surface area contributed by atoms with Gasteiger partial charge in [-0.15, -0.1) is 0 Å². The van der Waals surface area contributed by atoms with Crippen molar-refractivity contribution in [3.63, 3.8) is 0 Å². The Bertz CT molecular complexity index is 931. The molecule has 1 aliphatic carbocycles. The van der Waals surface area contributed by atoms with E-state index in [1.165, 1.54) is 0 Å². The van der Waals surface area contributed by atoms with Gasteiger partial charge in [-0.3, -0.25) is 9.89 Å². The lowest BCUT2D eigenvalue weighted by Gasteiger charge is -2.23. The van der Waals surface area contributed by atoms with E-state index in [4.69, 9.17) is 0 Å². The molecule has 2 aromatic carbocycles. The van der Waals surface area contributed by atoms with Crippen LogP contribution in [0, 0.1) is 17.6 Å². The van der Waals surface area contributed by atoms with Gasteiger partial charge in [-0.2, -0.15) is 5.10 Å². The first-order chi connectivity index (χ1) is 11.6. The van der Waals surface area contributed by atoms with Gasteiger partial charge in [0.2, 0.25) is 5.91 Å². The van der Waals surface area contributed by atoms with Crippen molar-refractivity contribution in [1.29, 1.82) is 0 Å². The average molecular weight is 327 g/mol. The van der Waals surface area contributed by atoms with E-state index in [0.29, 0.717) is 16.9 Å². The van der Waals surface area contributed by atoms with E-state index in [2.05, 4.69) is 15.5 Å². The standard InChI is InChI=1S/C18H15F2N3O/c19-12-5-7-15(20)14(9-12)11-4-6-13-16(8-11)22-23-17(13)21-18(24)10-2-1-3-10/h4-10H,1-3H2,(H2,21,22,23,24). The molecule has 24 heavy (non-hydrogen) atoms. The first-order valence-electron chi connectivity index (χ1n) is 7.86. The lowest BCUT2D eigenvalue weighted by atomic mass is 9.85. The van der Waals surface area contributed by atoms with Crippen LogP contribution in [0.4, 0.5) is 14.6 Å². The average Bonchev–Trinajstić information content (AvgIpc) is 2.90. The quantitative estimate of drug-likeness (QED) is 0.756. The van der Waals surface area contributed by atoms with Crippen LogP contribution in [0.25, 0.3) is 22.0 Å². The van der Waals surface area contributed by atoms with Crippen molar-refractivity contribution in [2.75, 3.05) is 5.32 Å². The third-order valence-electron chi connectivity index (χ3n) is 4.52. The molecule has 0 bridgehead atoms. The first-order valence-corrected chi connectivity index (χ1v) is 7.86. The molecular weight excluding hydrogens is 312 g/mol. The largest absolute Gasteiger partial charge is 0.308 e. The van der Waals surface area contributed by atoms with Crippen LogP contribution in [-0.4, -0.2) is 16.1 Å². The highest BCUT2D eigenvalue weighted by molar-refractivity contribution is 6.01. The Kier molecular flexibility index (Phi) is 3.52. The van der Waals surface area contributed by atoms with Crippen molar-refractivity contribution in [1.82, 2.24) is 10.2 Å². The van der Waals surface area contributed by atoms with Gasteiger partial charge in [-0.25, -0.2) is 8.78 Å². The normalized spacial score (nSPS) is 14.6. The zero-order valence-electron chi connectivity index (χ0n) is 12.8. The number of fused-ring (bicyclic) bond motifs is 1. The highest BCUT2D eigenvalue weighted by Crippen LogP contribution is 2.31. The van der Waals surface area contributed by atoms with Crippen LogP contribution in [0.3, 0.4) is 0 Å². The molecule has 1 heterocycles. The molecule has 0 atom stereocenters. The molecule has 0 aliphatic heterocycles. The monoisotopic (exact) mass is 327 g/mol. The summed E-state index contributed by atoms with van der Waals surface area (Å²) >= 11 is 0. The van der Waals surface area contributed by atoms with Crippen molar-refractivity contribution in [3.05, 3.63) is 48.0 Å². The lowest BCUT2D eigenvalue weighted by molar-refractivity contribution is -0.122. The fourth-order valence-corrected chi connectivity index (χ4v) is 2.89. The third kappa shape index (κ3) is 2.54. The smallest absolute Gasteiger partial charge is 0.228 e. The number of amides is 1. The fourth-order valence-electron chi connectivity index (χ4n) is 2.89. The van der Waals surface area contributed by atoms with Crippen molar-refractivity contribution in [2.24, 2.45) is 5.92 Å². The third-order valence-corrected chi connectivity index (χ3v) is 4.52. The van der Waals surface area contributed by atoms with Gasteiger partial charge >= 0.3 is 0 Å². The first kappa shape index (κ1) is 14.8. The number of H-pyrrole nitrogens is 1. The van der Waals surface area contributed by atoms with Gasteiger partial charge in [0.05, 0.1) is 5.52 Å². The Labute approximate surface area is 136 Å². The van der Waals surface area contributed by atoms with Crippen molar-refractivity contribution < 1.29 is 13.6 Å². The summed E-state index contributed by atoms with van der Waals surface area (Å²) < 4.78 is 27.3. The molecule has 122 valence electrons. The van der Waals surface area contributed by atoms with Crippen LogP contribution < -0.4 is 5.32 Å². The molecule has 4 rings (SSSR count). The number of aromatic amines is 1. The zero-order valence-corrected chi connectivity index (χ0v) is 12.8. The molecule has 1 saturated carbocycles. The van der Waals surface area contributed by atoms with Crippen molar-refractivity contribution >= 4 is 22.6 Å². The van der Waals surface area contributed by atoms with Crippen LogP contribution in [0.15, 0.2) is 36.4 Å². The summed E-state index contributed by atoms with van der Waals surface area (Å²) in [6.07, 6.45) is 2.91. The zero-order chi connectivity index (χ0) is 16.7. The number of carbonyl (C=O) groups excluding carboxylic acids is 1. The molecule has 3 aromatic rings. The van der Waals surface area contributed by atoms with Gasteiger partial charge < -0.3 is 5.32 Å². The summed E-state index contributed by atoms with van der Waals surface area (Å²) in [5.41, 5.74) is 1.38. The van der Waals surface area contributed by atoms with Crippen LogP contribution >= 0.6 is 0 Å². The van der Waals surface area contributed by atoms with E-state index < -0.39 is 11.6 Å². The van der Waals surface area contributed by atoms with Gasteiger partial charge in [0.25, 0.3) is 0 Å². The van der Waals surface area contributed by atoms with Crippen LogP contribution in [-0.2, 0) is 4.79 Å². The van der Waals surface area contributed by atoms with E-state index in [9.17, 15) is 13.6 Å². The Balaban J connectivity index is 1.67. The molecular formula is C18H15F2N3O. The number of hydrogen-bond donors (Lipinski definition) is 2. The van der Waals surface area contributed by atoms with Gasteiger partial charge in [0, 0.05) is 16.9 Å². The summed E-state index contributed by atoms with van der Waals surface area (Å²) in [5, 5.41) is 10.5. The summed E-state index contributed by atoms with van der Waals surface area (Å²) in [7, 11) is 0. The second-order valence-corrected chi connectivity index (χ2v) is 6.07. The molecule has 1 aliphatic rings. The van der Waals surface area contributed by atoms with Crippen LogP contribution in [0.1, 0.15) is 19.3 Å². The van der Waals surface area contributed by atoms with Gasteiger partial charge in [-0.05, 0) is 48.7 Å². The minimum Gasteiger partial charge on any atom is -0.308 e. The van der Waals surface area contributed by atoms with Gasteiger partial charge in [-0.1, -0.05) is 12.5 Å². The predicted molar refractivity (Wildman–Crippen MR) is 87.4 cm³/mol. The Morgan fingerprint density at radius 3 is 2.75 bits per heavy atom. The molecule has 2 N–H and O–H groups in total. The number of anilines is 1. The number of carbonyl (C=O) groups is 1. The summed E-state index contributed by atoms with van der Waals surface area (Å²) in [6.45, 7) is 0. The molecule has 1 aromatic heterocycles. The number of benzene rings is 2. The van der Waals surface area contributed by atoms with Crippen molar-refractivity contribution in [2.45, 2.75) is 19.3 Å². The number of rotatable bonds is 3. The second-order valence-electron chi connectivity index (χ2n) is 6.07. The highest BCUT2D eigenvalue weighted by atomic mass is 19.1. The van der Waals surface area contributed by atoms with E-state index in [-0.39, 0.29) is 17.4 Å². The van der Waals surface area contributed by atoms with Gasteiger partial charge in [0.1, 0.15) is 11.6 Å². The topological polar surface area (TPSA) is 57.8 Å². The number of halogens is 2. The molecule has 1 fully saturated rings. The van der Waals surface area contributed by atoms with Crippen LogP contribution in [0.2, 0.25) is 0 Å². The molecule has 6 heteroatoms. The van der Waals surface area contributed by atoms with E-state index in [0.717, 1.165) is 42.8 Å². The lowest BCUT2D eigenvalue weighted by Crippen LogP contribution is -2.28. The number of nitrogens with one attached hydrogen (secondary N) is 2. The summed E-state index contributed by atoms with van der Waals surface area (Å²) in [5.74, 6) is -0.473. The predicted octanol–water partition coefficient (Wildman–Crippen LogP) is 4.25. The van der Waals surface area contributed by atoms with E-state index in [1.807, 2.05) is 0 Å². The maximum absolute atomic E-state index is 13.9. The molecule has 0 saturated heterocycles. The molecule has 4 nitrogen and oxygen atoms in total. The maximum atomic E-state index is 13.9. The molecule has 0 spiro atoms. The second kappa shape index (κ2) is 5.70. The van der Waals surface area contributed by atoms with E-state index in [1.54, 1.807) is 18.2 Å². The minimum atomic E-state index is -0.496. The fraction of sp³-hybridized carbons (Fsp3) is 0.222. The SMILES string of the molecule is O=C(Nc1n[nH]c2cc(-c3cc(F)ccc3F)ccc12)C1CCC1. The molecule has 0 unspecified atom stereocenters. The Hall–Kier alpha value is -2.76. The number of hydrogen-bond acceptors (Lipinski definition) is 2. The minimum absolute atomic E-state index is 0.0186. The maximum Gasteiger partial charge on any atom is 0.228 e. The highest BCUT2D eigenvalue weighted by Gasteiger charge is 2.26. The van der Waals surface area contributed by atoms with Gasteiger partial charge in [0.15, 0.2) is 5.82 Å². The summed E-state index contributed by atoms with van der Waals surface area (Å²) in [6, 6.07) is 8.47. The number of aromatic nitrogens is 2.